The average molecular weight is 261 g/mol. The smallest absolute Gasteiger partial charge is 0.303 e. The molecule has 0 saturated carbocycles. The quantitative estimate of drug-likeness (QED) is 0.906. The standard InChI is InChI=1S/C15H19NO3/c17-14-4-2-1-3-11-16(14)13-8-5-12(6-9-13)7-10-15(18)19/h5-6,8-9H,1-4,7,10-11H2,(H,18,19). The number of nitrogens with zero attached hydrogens (tertiary/aromatic N) is 1. The van der Waals surface area contributed by atoms with Crippen LogP contribution in [0.1, 0.15) is 37.7 Å². The van der Waals surface area contributed by atoms with Gasteiger partial charge in [0.25, 0.3) is 0 Å². The summed E-state index contributed by atoms with van der Waals surface area (Å²) >= 11 is 0. The number of aliphatic carboxylic acids is 1. The molecule has 1 saturated heterocycles. The lowest BCUT2D eigenvalue weighted by molar-refractivity contribution is -0.137. The summed E-state index contributed by atoms with van der Waals surface area (Å²) in [4.78, 5) is 24.3. The van der Waals surface area contributed by atoms with E-state index in [-0.39, 0.29) is 12.3 Å². The number of hydrogen-bond donors (Lipinski definition) is 1. The lowest BCUT2D eigenvalue weighted by atomic mass is 10.1. The van der Waals surface area contributed by atoms with Crippen molar-refractivity contribution in [1.82, 2.24) is 0 Å². The lowest BCUT2D eigenvalue weighted by Crippen LogP contribution is -2.29. The van der Waals surface area contributed by atoms with E-state index in [2.05, 4.69) is 0 Å². The molecule has 1 amide bonds. The van der Waals surface area contributed by atoms with Crippen molar-refractivity contribution in [3.63, 3.8) is 0 Å². The molecule has 0 aromatic heterocycles. The molecule has 1 heterocycles. The van der Waals surface area contributed by atoms with Crippen LogP contribution in [-0.2, 0) is 16.0 Å². The van der Waals surface area contributed by atoms with Crippen molar-refractivity contribution in [3.05, 3.63) is 29.8 Å². The molecule has 1 aliphatic heterocycles. The predicted octanol–water partition coefficient (Wildman–Crippen LogP) is 2.61. The van der Waals surface area contributed by atoms with E-state index in [1.807, 2.05) is 29.2 Å². The number of rotatable bonds is 4. The topological polar surface area (TPSA) is 57.6 Å². The average Bonchev–Trinajstić information content (AvgIpc) is 2.62. The SMILES string of the molecule is O=C(O)CCc1ccc(N2CCCCCC2=O)cc1. The van der Waals surface area contributed by atoms with Gasteiger partial charge in [0.2, 0.25) is 5.91 Å². The van der Waals surface area contributed by atoms with Crippen LogP contribution in [0.25, 0.3) is 0 Å². The van der Waals surface area contributed by atoms with Crippen molar-refractivity contribution in [2.24, 2.45) is 0 Å². The molecule has 0 aliphatic carbocycles. The molecule has 4 nitrogen and oxygen atoms in total. The van der Waals surface area contributed by atoms with Crippen molar-refractivity contribution in [2.45, 2.75) is 38.5 Å². The van der Waals surface area contributed by atoms with Gasteiger partial charge in [0, 0.05) is 25.1 Å². The van der Waals surface area contributed by atoms with Crippen LogP contribution < -0.4 is 4.90 Å². The zero-order chi connectivity index (χ0) is 13.7. The summed E-state index contributed by atoms with van der Waals surface area (Å²) in [6.45, 7) is 0.785. The van der Waals surface area contributed by atoms with Crippen molar-refractivity contribution in [1.29, 1.82) is 0 Å². The van der Waals surface area contributed by atoms with Crippen LogP contribution >= 0.6 is 0 Å². The number of carboxylic acid groups (broad SMARTS) is 1. The van der Waals surface area contributed by atoms with E-state index in [0.29, 0.717) is 12.8 Å². The van der Waals surface area contributed by atoms with Crippen LogP contribution in [-0.4, -0.2) is 23.5 Å². The minimum absolute atomic E-state index is 0.141. The fraction of sp³-hybridized carbons (Fsp3) is 0.467. The van der Waals surface area contributed by atoms with Gasteiger partial charge in [-0.1, -0.05) is 18.6 Å². The molecule has 0 bridgehead atoms. The van der Waals surface area contributed by atoms with Gasteiger partial charge in [0.05, 0.1) is 0 Å². The molecular weight excluding hydrogens is 242 g/mol. The van der Waals surface area contributed by atoms with Crippen LogP contribution in [0.3, 0.4) is 0 Å². The Morgan fingerprint density at radius 3 is 2.58 bits per heavy atom. The van der Waals surface area contributed by atoms with Gasteiger partial charge >= 0.3 is 5.97 Å². The molecule has 0 spiro atoms. The third kappa shape index (κ3) is 3.81. The largest absolute Gasteiger partial charge is 0.481 e. The molecular formula is C15H19NO3. The van der Waals surface area contributed by atoms with Crippen LogP contribution in [0.5, 0.6) is 0 Å². The molecule has 0 radical (unpaired) electrons. The molecule has 102 valence electrons. The van der Waals surface area contributed by atoms with Crippen molar-refractivity contribution in [2.75, 3.05) is 11.4 Å². The van der Waals surface area contributed by atoms with E-state index >= 15 is 0 Å². The Balaban J connectivity index is 2.04. The van der Waals surface area contributed by atoms with Crippen LogP contribution in [0.4, 0.5) is 5.69 Å². The first-order valence-corrected chi connectivity index (χ1v) is 6.78. The highest BCUT2D eigenvalue weighted by atomic mass is 16.4. The van der Waals surface area contributed by atoms with Gasteiger partial charge in [-0.2, -0.15) is 0 Å². The molecule has 1 fully saturated rings. The first-order valence-electron chi connectivity index (χ1n) is 6.78. The summed E-state index contributed by atoms with van der Waals surface area (Å²) in [7, 11) is 0. The Kier molecular flexibility index (Phi) is 4.55. The number of hydrogen-bond acceptors (Lipinski definition) is 2. The molecule has 1 N–H and O–H groups in total. The van der Waals surface area contributed by atoms with E-state index in [9.17, 15) is 9.59 Å². The van der Waals surface area contributed by atoms with Crippen LogP contribution in [0.15, 0.2) is 24.3 Å². The highest BCUT2D eigenvalue weighted by molar-refractivity contribution is 5.93. The van der Waals surface area contributed by atoms with E-state index in [1.54, 1.807) is 0 Å². The minimum atomic E-state index is -0.785. The molecule has 0 atom stereocenters. The van der Waals surface area contributed by atoms with Crippen LogP contribution in [0, 0.1) is 0 Å². The number of aryl methyl sites for hydroxylation is 1. The highest BCUT2D eigenvalue weighted by Crippen LogP contribution is 2.21. The Labute approximate surface area is 113 Å². The summed E-state index contributed by atoms with van der Waals surface area (Å²) < 4.78 is 0. The van der Waals surface area contributed by atoms with E-state index in [1.165, 1.54) is 0 Å². The maximum Gasteiger partial charge on any atom is 0.303 e. The van der Waals surface area contributed by atoms with Gasteiger partial charge in [-0.25, -0.2) is 0 Å². The fourth-order valence-electron chi connectivity index (χ4n) is 2.35. The normalized spacial score (nSPS) is 16.2. The maximum absolute atomic E-state index is 12.0. The maximum atomic E-state index is 12.0. The molecule has 1 aliphatic rings. The summed E-state index contributed by atoms with van der Waals surface area (Å²) in [5.74, 6) is -0.595. The Bertz CT molecular complexity index is 453. The van der Waals surface area contributed by atoms with Crippen molar-refractivity contribution >= 4 is 17.6 Å². The second-order valence-electron chi connectivity index (χ2n) is 4.92. The number of carbonyl (C=O) groups excluding carboxylic acids is 1. The molecule has 19 heavy (non-hydrogen) atoms. The van der Waals surface area contributed by atoms with Gasteiger partial charge in [-0.3, -0.25) is 9.59 Å². The highest BCUT2D eigenvalue weighted by Gasteiger charge is 2.17. The number of carboxylic acids is 1. The number of anilines is 1. The summed E-state index contributed by atoms with van der Waals surface area (Å²) in [5, 5.41) is 8.65. The molecule has 1 aromatic carbocycles. The summed E-state index contributed by atoms with van der Waals surface area (Å²) in [6, 6.07) is 7.66. The fourth-order valence-corrected chi connectivity index (χ4v) is 2.35. The Hall–Kier alpha value is -1.84. The first kappa shape index (κ1) is 13.6. The van der Waals surface area contributed by atoms with Gasteiger partial charge in [-0.05, 0) is 37.0 Å². The summed E-state index contributed by atoms with van der Waals surface area (Å²) in [6.07, 6.45) is 4.43. The molecule has 4 heteroatoms. The van der Waals surface area contributed by atoms with Gasteiger partial charge in [0.15, 0.2) is 0 Å². The lowest BCUT2D eigenvalue weighted by Gasteiger charge is -2.20. The number of carbonyl (C=O) groups is 2. The molecule has 0 unspecified atom stereocenters. The van der Waals surface area contributed by atoms with Gasteiger partial charge in [0.1, 0.15) is 0 Å². The number of amides is 1. The Morgan fingerprint density at radius 1 is 1.16 bits per heavy atom. The second kappa shape index (κ2) is 6.36. The summed E-state index contributed by atoms with van der Waals surface area (Å²) in [5.41, 5.74) is 1.92. The van der Waals surface area contributed by atoms with Crippen molar-refractivity contribution < 1.29 is 14.7 Å². The van der Waals surface area contributed by atoms with Crippen LogP contribution in [0.2, 0.25) is 0 Å². The van der Waals surface area contributed by atoms with Crippen molar-refractivity contribution in [3.8, 4) is 0 Å². The number of benzene rings is 1. The van der Waals surface area contributed by atoms with E-state index < -0.39 is 5.97 Å². The zero-order valence-corrected chi connectivity index (χ0v) is 11.0. The molecule has 1 aromatic rings. The van der Waals surface area contributed by atoms with E-state index in [0.717, 1.165) is 37.1 Å². The third-order valence-electron chi connectivity index (χ3n) is 3.45. The Morgan fingerprint density at radius 2 is 1.89 bits per heavy atom. The first-order chi connectivity index (χ1) is 9.16. The molecule has 2 rings (SSSR count). The van der Waals surface area contributed by atoms with Gasteiger partial charge < -0.3 is 10.0 Å². The predicted molar refractivity (Wildman–Crippen MR) is 73.2 cm³/mol. The van der Waals surface area contributed by atoms with E-state index in [4.69, 9.17) is 5.11 Å². The monoisotopic (exact) mass is 261 g/mol. The zero-order valence-electron chi connectivity index (χ0n) is 11.0. The van der Waals surface area contributed by atoms with Gasteiger partial charge in [-0.15, -0.1) is 0 Å². The minimum Gasteiger partial charge on any atom is -0.481 e. The second-order valence-corrected chi connectivity index (χ2v) is 4.92. The third-order valence-corrected chi connectivity index (χ3v) is 3.45.